The van der Waals surface area contributed by atoms with Crippen LogP contribution < -0.4 is 4.72 Å². The number of anilines is 1. The maximum absolute atomic E-state index is 13.2. The quantitative estimate of drug-likeness (QED) is 0.841. The average Bonchev–Trinajstić information content (AvgIpc) is 3.09. The summed E-state index contributed by atoms with van der Waals surface area (Å²) in [7, 11) is -3.87. The molecule has 0 atom stereocenters. The molecule has 1 saturated heterocycles. The van der Waals surface area contributed by atoms with Crippen LogP contribution in [0.5, 0.6) is 0 Å². The highest BCUT2D eigenvalue weighted by Gasteiger charge is 2.23. The second kappa shape index (κ2) is 7.31. The van der Waals surface area contributed by atoms with Crippen LogP contribution in [0.1, 0.15) is 29.6 Å². The van der Waals surface area contributed by atoms with Gasteiger partial charge < -0.3 is 4.90 Å². The lowest BCUT2D eigenvalue weighted by Gasteiger charge is -2.26. The lowest BCUT2D eigenvalue weighted by molar-refractivity contribution is 0.0725. The molecule has 0 unspecified atom stereocenters. The minimum atomic E-state index is -3.87. The molecule has 0 radical (unpaired) electrons. The molecule has 134 valence electrons. The normalized spacial score (nSPS) is 15.2. The van der Waals surface area contributed by atoms with E-state index < -0.39 is 15.8 Å². The first-order chi connectivity index (χ1) is 11.9. The molecule has 9 heteroatoms. The Morgan fingerprint density at radius 3 is 2.60 bits per heavy atom. The third-order valence-electron chi connectivity index (χ3n) is 3.90. The van der Waals surface area contributed by atoms with Crippen molar-refractivity contribution in [2.75, 3.05) is 17.8 Å². The molecule has 1 N–H and O–H groups in total. The van der Waals surface area contributed by atoms with Crippen LogP contribution in [0, 0.1) is 5.82 Å². The lowest BCUT2D eigenvalue weighted by atomic mass is 10.1. The standard InChI is InChI=1S/C16H16ClFN2O3S2/c17-13-9-12(4-5-14(13)18)19-25(22,23)15-8-11(10-24-15)16(21)20-6-2-1-3-7-20/h4-5,8-10,19H,1-3,6-7H2. The molecular weight excluding hydrogens is 387 g/mol. The maximum atomic E-state index is 13.2. The summed E-state index contributed by atoms with van der Waals surface area (Å²) in [5.41, 5.74) is 0.521. The van der Waals surface area contributed by atoms with Crippen molar-refractivity contribution < 1.29 is 17.6 Å². The van der Waals surface area contributed by atoms with Crippen molar-refractivity contribution in [1.82, 2.24) is 4.90 Å². The topological polar surface area (TPSA) is 66.5 Å². The highest BCUT2D eigenvalue weighted by Crippen LogP contribution is 2.26. The van der Waals surface area contributed by atoms with E-state index in [0.29, 0.717) is 18.7 Å². The van der Waals surface area contributed by atoms with E-state index in [1.54, 1.807) is 10.3 Å². The number of nitrogens with one attached hydrogen (secondary N) is 1. The molecule has 1 aromatic carbocycles. The van der Waals surface area contributed by atoms with Gasteiger partial charge in [-0.25, -0.2) is 12.8 Å². The second-order valence-electron chi connectivity index (χ2n) is 5.74. The first-order valence-corrected chi connectivity index (χ1v) is 10.5. The van der Waals surface area contributed by atoms with Gasteiger partial charge in [0.25, 0.3) is 15.9 Å². The molecule has 1 aromatic heterocycles. The molecular formula is C16H16ClFN2O3S2. The highest BCUT2D eigenvalue weighted by molar-refractivity contribution is 7.94. The van der Waals surface area contributed by atoms with Gasteiger partial charge in [-0.2, -0.15) is 0 Å². The number of piperidine rings is 1. The van der Waals surface area contributed by atoms with Crippen molar-refractivity contribution in [2.45, 2.75) is 23.5 Å². The average molecular weight is 403 g/mol. The molecule has 1 fully saturated rings. The van der Waals surface area contributed by atoms with Gasteiger partial charge in [0.15, 0.2) is 0 Å². The Morgan fingerprint density at radius 1 is 1.20 bits per heavy atom. The number of benzene rings is 1. The highest BCUT2D eigenvalue weighted by atomic mass is 35.5. The van der Waals surface area contributed by atoms with E-state index in [9.17, 15) is 17.6 Å². The van der Waals surface area contributed by atoms with Crippen molar-refractivity contribution >= 4 is 44.6 Å². The molecule has 0 spiro atoms. The van der Waals surface area contributed by atoms with Crippen LogP contribution in [-0.4, -0.2) is 32.3 Å². The van der Waals surface area contributed by atoms with E-state index in [-0.39, 0.29) is 20.8 Å². The largest absolute Gasteiger partial charge is 0.339 e. The summed E-state index contributed by atoms with van der Waals surface area (Å²) in [5.74, 6) is -0.780. The first-order valence-electron chi connectivity index (χ1n) is 7.72. The van der Waals surface area contributed by atoms with Gasteiger partial charge in [-0.15, -0.1) is 11.3 Å². The molecule has 2 heterocycles. The molecule has 1 amide bonds. The minimum Gasteiger partial charge on any atom is -0.339 e. The van der Waals surface area contributed by atoms with Gasteiger partial charge in [-0.05, 0) is 43.5 Å². The zero-order valence-electron chi connectivity index (χ0n) is 13.2. The van der Waals surface area contributed by atoms with E-state index in [1.165, 1.54) is 18.2 Å². The number of carbonyl (C=O) groups is 1. The monoisotopic (exact) mass is 402 g/mol. The van der Waals surface area contributed by atoms with E-state index in [0.717, 1.165) is 36.7 Å². The molecule has 0 aliphatic carbocycles. The summed E-state index contributed by atoms with van der Waals surface area (Å²) in [6.07, 6.45) is 3.04. The van der Waals surface area contributed by atoms with Gasteiger partial charge in [0.05, 0.1) is 16.3 Å². The van der Waals surface area contributed by atoms with E-state index in [1.807, 2.05) is 0 Å². The minimum absolute atomic E-state index is 0.0216. The fourth-order valence-corrected chi connectivity index (χ4v) is 5.00. The molecule has 2 aromatic rings. The summed E-state index contributed by atoms with van der Waals surface area (Å²) in [6, 6.07) is 4.93. The Bertz CT molecular complexity index is 893. The smallest absolute Gasteiger partial charge is 0.271 e. The Morgan fingerprint density at radius 2 is 1.92 bits per heavy atom. The van der Waals surface area contributed by atoms with Gasteiger partial charge in [0.1, 0.15) is 10.0 Å². The van der Waals surface area contributed by atoms with Crippen LogP contribution >= 0.6 is 22.9 Å². The number of rotatable bonds is 4. The fraction of sp³-hybridized carbons (Fsp3) is 0.312. The number of hydrogen-bond acceptors (Lipinski definition) is 4. The maximum Gasteiger partial charge on any atom is 0.271 e. The third kappa shape index (κ3) is 4.13. The van der Waals surface area contributed by atoms with E-state index in [2.05, 4.69) is 4.72 Å². The van der Waals surface area contributed by atoms with Crippen LogP contribution in [-0.2, 0) is 10.0 Å². The Balaban J connectivity index is 1.77. The second-order valence-corrected chi connectivity index (χ2v) is 8.97. The van der Waals surface area contributed by atoms with Gasteiger partial charge in [0.2, 0.25) is 0 Å². The SMILES string of the molecule is O=C(c1csc(S(=O)(=O)Nc2ccc(F)c(Cl)c2)c1)N1CCCCC1. The molecule has 5 nitrogen and oxygen atoms in total. The molecule has 3 rings (SSSR count). The van der Waals surface area contributed by atoms with Gasteiger partial charge >= 0.3 is 0 Å². The van der Waals surface area contributed by atoms with Gasteiger partial charge in [-0.1, -0.05) is 11.6 Å². The van der Waals surface area contributed by atoms with E-state index >= 15 is 0 Å². The Kier molecular flexibility index (Phi) is 5.31. The summed E-state index contributed by atoms with van der Waals surface area (Å²) in [5, 5.41) is 1.37. The summed E-state index contributed by atoms with van der Waals surface area (Å²) < 4.78 is 40.4. The number of amides is 1. The van der Waals surface area contributed by atoms with E-state index in [4.69, 9.17) is 11.6 Å². The molecule has 0 bridgehead atoms. The molecule has 0 saturated carbocycles. The zero-order valence-corrected chi connectivity index (χ0v) is 15.6. The molecule has 1 aliphatic heterocycles. The number of nitrogens with zero attached hydrogens (tertiary/aromatic N) is 1. The number of likely N-dealkylation sites (tertiary alicyclic amines) is 1. The number of sulfonamides is 1. The molecule has 25 heavy (non-hydrogen) atoms. The number of carbonyl (C=O) groups excluding carboxylic acids is 1. The lowest BCUT2D eigenvalue weighted by Crippen LogP contribution is -2.35. The fourth-order valence-electron chi connectivity index (χ4n) is 2.61. The molecule has 1 aliphatic rings. The predicted molar refractivity (Wildman–Crippen MR) is 96.3 cm³/mol. The predicted octanol–water partition coefficient (Wildman–Crippen LogP) is 3.97. The van der Waals surface area contributed by atoms with Crippen LogP contribution in [0.25, 0.3) is 0 Å². The van der Waals surface area contributed by atoms with Crippen LogP contribution in [0.4, 0.5) is 10.1 Å². The number of halogens is 2. The van der Waals surface area contributed by atoms with Crippen molar-refractivity contribution in [3.8, 4) is 0 Å². The Hall–Kier alpha value is -1.64. The van der Waals surface area contributed by atoms with Crippen LogP contribution in [0.3, 0.4) is 0 Å². The Labute approximate surface area is 154 Å². The summed E-state index contributed by atoms with van der Waals surface area (Å²) in [4.78, 5) is 14.2. The van der Waals surface area contributed by atoms with Crippen LogP contribution in [0.15, 0.2) is 33.9 Å². The number of thiophene rings is 1. The van der Waals surface area contributed by atoms with Crippen molar-refractivity contribution in [3.63, 3.8) is 0 Å². The summed E-state index contributed by atoms with van der Waals surface area (Å²) >= 11 is 6.63. The van der Waals surface area contributed by atoms with Crippen molar-refractivity contribution in [3.05, 3.63) is 46.0 Å². The van der Waals surface area contributed by atoms with Crippen molar-refractivity contribution in [2.24, 2.45) is 0 Å². The zero-order chi connectivity index (χ0) is 18.0. The third-order valence-corrected chi connectivity index (χ3v) is 7.01. The summed E-state index contributed by atoms with van der Waals surface area (Å²) in [6.45, 7) is 1.40. The van der Waals surface area contributed by atoms with Gasteiger partial charge in [0, 0.05) is 18.5 Å². The van der Waals surface area contributed by atoms with Gasteiger partial charge in [-0.3, -0.25) is 9.52 Å². The van der Waals surface area contributed by atoms with Crippen molar-refractivity contribution in [1.29, 1.82) is 0 Å². The first kappa shape index (κ1) is 18.2. The number of hydrogen-bond donors (Lipinski definition) is 1. The van der Waals surface area contributed by atoms with Crippen LogP contribution in [0.2, 0.25) is 5.02 Å².